The van der Waals surface area contributed by atoms with Crippen LogP contribution < -0.4 is 10.0 Å². The molecule has 0 atom stereocenters. The summed E-state index contributed by atoms with van der Waals surface area (Å²) in [5.41, 5.74) is 0. The van der Waals surface area contributed by atoms with Gasteiger partial charge in [0, 0.05) is 31.0 Å². The van der Waals surface area contributed by atoms with Crippen molar-refractivity contribution in [3.8, 4) is 0 Å². The molecule has 0 aliphatic heterocycles. The molecule has 0 bridgehead atoms. The molecule has 9 heteroatoms. The predicted molar refractivity (Wildman–Crippen MR) is 99.4 cm³/mol. The van der Waals surface area contributed by atoms with E-state index in [4.69, 9.17) is 11.6 Å². The van der Waals surface area contributed by atoms with Gasteiger partial charge in [-0.25, -0.2) is 13.1 Å². The fourth-order valence-corrected chi connectivity index (χ4v) is 3.51. The van der Waals surface area contributed by atoms with Crippen LogP contribution in [0.25, 0.3) is 0 Å². The van der Waals surface area contributed by atoms with Crippen molar-refractivity contribution >= 4 is 33.5 Å². The maximum atomic E-state index is 12.1. The van der Waals surface area contributed by atoms with Gasteiger partial charge in [-0.1, -0.05) is 30.5 Å². The van der Waals surface area contributed by atoms with Gasteiger partial charge in [-0.05, 0) is 31.0 Å². The van der Waals surface area contributed by atoms with Gasteiger partial charge in [0.15, 0.2) is 0 Å². The zero-order valence-corrected chi connectivity index (χ0v) is 16.4. The third-order valence-electron chi connectivity index (χ3n) is 3.61. The summed E-state index contributed by atoms with van der Waals surface area (Å²) in [6, 6.07) is 5.93. The average Bonchev–Trinajstić information content (AvgIpc) is 2.60. The number of sulfonamides is 1. The van der Waals surface area contributed by atoms with Crippen LogP contribution in [-0.4, -0.2) is 40.5 Å². The first-order valence-corrected chi connectivity index (χ1v) is 10.3. The Hall–Kier alpha value is -1.64. The van der Waals surface area contributed by atoms with E-state index in [9.17, 15) is 18.0 Å². The molecule has 1 aromatic carbocycles. The maximum absolute atomic E-state index is 12.1. The van der Waals surface area contributed by atoms with Gasteiger partial charge < -0.3 is 10.1 Å². The molecular formula is C17H25ClN2O5S. The minimum atomic E-state index is -3.68. The number of hydrogen-bond donors (Lipinski definition) is 2. The summed E-state index contributed by atoms with van der Waals surface area (Å²) < 4.78 is 31.1. The number of rotatable bonds is 12. The van der Waals surface area contributed by atoms with E-state index < -0.39 is 10.0 Å². The molecule has 146 valence electrons. The Kier molecular flexibility index (Phi) is 10.2. The van der Waals surface area contributed by atoms with Crippen LogP contribution in [0.2, 0.25) is 5.02 Å². The second-order valence-electron chi connectivity index (χ2n) is 5.70. The summed E-state index contributed by atoms with van der Waals surface area (Å²) in [4.78, 5) is 22.7. The number of nitrogens with one attached hydrogen (secondary N) is 2. The molecule has 2 N–H and O–H groups in total. The number of hydrogen-bond acceptors (Lipinski definition) is 5. The highest BCUT2D eigenvalue weighted by Gasteiger charge is 2.14. The van der Waals surface area contributed by atoms with Crippen LogP contribution in [0.3, 0.4) is 0 Å². The van der Waals surface area contributed by atoms with E-state index in [0.29, 0.717) is 18.0 Å². The molecule has 0 fully saturated rings. The van der Waals surface area contributed by atoms with Crippen LogP contribution >= 0.6 is 11.6 Å². The summed E-state index contributed by atoms with van der Waals surface area (Å²) in [7, 11) is -2.31. The second kappa shape index (κ2) is 11.9. The molecule has 0 saturated carbocycles. The zero-order valence-electron chi connectivity index (χ0n) is 14.8. The van der Waals surface area contributed by atoms with Crippen molar-refractivity contribution in [2.24, 2.45) is 0 Å². The largest absolute Gasteiger partial charge is 0.469 e. The normalized spacial score (nSPS) is 11.2. The van der Waals surface area contributed by atoms with Gasteiger partial charge in [-0.2, -0.15) is 0 Å². The quantitative estimate of drug-likeness (QED) is 0.411. The molecule has 0 unspecified atom stereocenters. The van der Waals surface area contributed by atoms with Crippen molar-refractivity contribution < 1.29 is 22.7 Å². The number of unbranched alkanes of at least 4 members (excludes halogenated alkanes) is 3. The lowest BCUT2D eigenvalue weighted by Crippen LogP contribution is -2.31. The third kappa shape index (κ3) is 9.17. The molecule has 0 heterocycles. The number of esters is 1. The molecule has 7 nitrogen and oxygen atoms in total. The van der Waals surface area contributed by atoms with Crippen molar-refractivity contribution in [3.05, 3.63) is 29.3 Å². The summed E-state index contributed by atoms with van der Waals surface area (Å²) in [5.74, 6) is -0.424. The fraction of sp³-hybridized carbons (Fsp3) is 0.529. The number of ether oxygens (including phenoxy) is 1. The summed E-state index contributed by atoms with van der Waals surface area (Å²) >= 11 is 5.78. The Morgan fingerprint density at radius 3 is 2.50 bits per heavy atom. The highest BCUT2D eigenvalue weighted by atomic mass is 35.5. The summed E-state index contributed by atoms with van der Waals surface area (Å²) in [6.07, 6.45) is 3.84. The summed E-state index contributed by atoms with van der Waals surface area (Å²) in [6.45, 7) is 0.540. The molecule has 0 aliphatic carbocycles. The van der Waals surface area contributed by atoms with E-state index in [2.05, 4.69) is 14.8 Å². The van der Waals surface area contributed by atoms with Crippen LogP contribution in [0.1, 0.15) is 38.5 Å². The lowest BCUT2D eigenvalue weighted by molar-refractivity contribution is -0.140. The number of benzene rings is 1. The van der Waals surface area contributed by atoms with Gasteiger partial charge in [0.05, 0.1) is 12.0 Å². The molecular weight excluding hydrogens is 380 g/mol. The van der Waals surface area contributed by atoms with Crippen molar-refractivity contribution in [3.63, 3.8) is 0 Å². The molecule has 0 radical (unpaired) electrons. The molecule has 0 saturated heterocycles. The zero-order chi connectivity index (χ0) is 19.4. The van der Waals surface area contributed by atoms with Gasteiger partial charge in [0.1, 0.15) is 0 Å². The number of halogens is 1. The number of methoxy groups -OCH3 is 1. The van der Waals surface area contributed by atoms with Gasteiger partial charge in [0.2, 0.25) is 15.9 Å². The smallest absolute Gasteiger partial charge is 0.305 e. The second-order valence-corrected chi connectivity index (χ2v) is 7.90. The minimum absolute atomic E-state index is 0.0137. The lowest BCUT2D eigenvalue weighted by atomic mass is 10.1. The topological polar surface area (TPSA) is 102 Å². The Bertz CT molecular complexity index is 694. The third-order valence-corrected chi connectivity index (χ3v) is 5.30. The monoisotopic (exact) mass is 404 g/mol. The van der Waals surface area contributed by atoms with E-state index in [1.807, 2.05) is 0 Å². The molecule has 0 spiro atoms. The minimum Gasteiger partial charge on any atom is -0.469 e. The molecule has 26 heavy (non-hydrogen) atoms. The van der Waals surface area contributed by atoms with Crippen LogP contribution in [0.15, 0.2) is 29.2 Å². The number of amides is 1. The first-order chi connectivity index (χ1) is 12.3. The van der Waals surface area contributed by atoms with E-state index in [0.717, 1.165) is 25.7 Å². The summed E-state index contributed by atoms with van der Waals surface area (Å²) in [5, 5.41) is 3.07. The van der Waals surface area contributed by atoms with Crippen molar-refractivity contribution in [1.29, 1.82) is 0 Å². The Balaban J connectivity index is 2.14. The van der Waals surface area contributed by atoms with E-state index >= 15 is 0 Å². The van der Waals surface area contributed by atoms with E-state index in [1.165, 1.54) is 19.2 Å². The standard InChI is InChI=1S/C17H25ClN2O5S/c1-25-17(22)9-4-2-3-5-11-19-16(21)10-12-20-26(23,24)15-8-6-7-14(18)13-15/h6-8,13,20H,2-5,9-12H2,1H3,(H,19,21). The van der Waals surface area contributed by atoms with Gasteiger partial charge in [0.25, 0.3) is 0 Å². The molecule has 0 aromatic heterocycles. The molecule has 0 aliphatic rings. The van der Waals surface area contributed by atoms with Crippen molar-refractivity contribution in [2.45, 2.75) is 43.4 Å². The first kappa shape index (κ1) is 22.4. The van der Waals surface area contributed by atoms with Crippen molar-refractivity contribution in [1.82, 2.24) is 10.0 Å². The maximum Gasteiger partial charge on any atom is 0.305 e. The number of carbonyl (C=O) groups is 2. The highest BCUT2D eigenvalue weighted by Crippen LogP contribution is 2.15. The first-order valence-electron chi connectivity index (χ1n) is 8.44. The highest BCUT2D eigenvalue weighted by molar-refractivity contribution is 7.89. The Morgan fingerprint density at radius 2 is 1.81 bits per heavy atom. The lowest BCUT2D eigenvalue weighted by Gasteiger charge is -2.08. The van der Waals surface area contributed by atoms with Gasteiger partial charge >= 0.3 is 5.97 Å². The van der Waals surface area contributed by atoms with E-state index in [-0.39, 0.29) is 29.7 Å². The van der Waals surface area contributed by atoms with E-state index in [1.54, 1.807) is 12.1 Å². The van der Waals surface area contributed by atoms with Crippen molar-refractivity contribution in [2.75, 3.05) is 20.2 Å². The fourth-order valence-electron chi connectivity index (χ4n) is 2.18. The van der Waals surface area contributed by atoms with Gasteiger partial charge in [-0.15, -0.1) is 0 Å². The van der Waals surface area contributed by atoms with Crippen LogP contribution in [-0.2, 0) is 24.3 Å². The van der Waals surface area contributed by atoms with Crippen LogP contribution in [0.5, 0.6) is 0 Å². The molecule has 1 amide bonds. The Labute approximate surface area is 159 Å². The Morgan fingerprint density at radius 1 is 1.08 bits per heavy atom. The number of carbonyl (C=O) groups excluding carboxylic acids is 2. The van der Waals surface area contributed by atoms with Crippen LogP contribution in [0.4, 0.5) is 0 Å². The predicted octanol–water partition coefficient (Wildman–Crippen LogP) is 2.25. The van der Waals surface area contributed by atoms with Crippen LogP contribution in [0, 0.1) is 0 Å². The van der Waals surface area contributed by atoms with Gasteiger partial charge in [-0.3, -0.25) is 9.59 Å². The average molecular weight is 405 g/mol. The molecule has 1 rings (SSSR count). The SMILES string of the molecule is COC(=O)CCCCCCNC(=O)CCNS(=O)(=O)c1cccc(Cl)c1. The molecule has 1 aromatic rings.